The van der Waals surface area contributed by atoms with Crippen LogP contribution in [-0.4, -0.2) is 29.0 Å². The van der Waals surface area contributed by atoms with Gasteiger partial charge in [0, 0.05) is 18.7 Å². The first-order valence-electron chi connectivity index (χ1n) is 6.77. The number of hydrogen-bond acceptors (Lipinski definition) is 3. The van der Waals surface area contributed by atoms with E-state index in [1.54, 1.807) is 12.1 Å². The van der Waals surface area contributed by atoms with Crippen LogP contribution in [0.3, 0.4) is 0 Å². The van der Waals surface area contributed by atoms with Crippen molar-refractivity contribution in [3.63, 3.8) is 0 Å². The molecule has 0 spiro atoms. The highest BCUT2D eigenvalue weighted by Gasteiger charge is 2.26. The first-order chi connectivity index (χ1) is 8.89. The molecule has 1 fully saturated rings. The molecule has 4 heteroatoms. The normalized spacial score (nSPS) is 18.9. The molecule has 0 atom stereocenters. The highest BCUT2D eigenvalue weighted by atomic mass is 16.3. The predicted octanol–water partition coefficient (Wildman–Crippen LogP) is 2.63. The average Bonchev–Trinajstić information content (AvgIpc) is 2.53. The van der Waals surface area contributed by atoms with Crippen LogP contribution in [0.5, 0.6) is 5.75 Å². The van der Waals surface area contributed by atoms with Crippen LogP contribution in [0.1, 0.15) is 43.5 Å². The Morgan fingerprint density at radius 1 is 1.32 bits per heavy atom. The summed E-state index contributed by atoms with van der Waals surface area (Å²) in [6, 6.07) is 4.70. The van der Waals surface area contributed by atoms with E-state index in [9.17, 15) is 9.90 Å². The highest BCUT2D eigenvalue weighted by molar-refractivity contribution is 5.95. The largest absolute Gasteiger partial charge is 0.506 e. The lowest BCUT2D eigenvalue weighted by Gasteiger charge is -2.23. The molecular formula is C15H22N2O2. The number of phenolic OH excluding ortho intramolecular Hbond substituents is 1. The Morgan fingerprint density at radius 3 is 2.74 bits per heavy atom. The molecule has 0 unspecified atom stereocenters. The summed E-state index contributed by atoms with van der Waals surface area (Å²) in [5.41, 5.74) is 6.66. The number of benzene rings is 1. The summed E-state index contributed by atoms with van der Waals surface area (Å²) < 4.78 is 0. The van der Waals surface area contributed by atoms with Crippen LogP contribution in [-0.2, 0) is 0 Å². The number of phenols is 1. The zero-order valence-electron chi connectivity index (χ0n) is 11.6. The molecule has 0 aromatic heterocycles. The van der Waals surface area contributed by atoms with E-state index in [2.05, 4.69) is 13.8 Å². The van der Waals surface area contributed by atoms with E-state index in [0.717, 1.165) is 32.4 Å². The van der Waals surface area contributed by atoms with Crippen molar-refractivity contribution in [1.29, 1.82) is 0 Å². The number of hydrogen-bond donors (Lipinski definition) is 2. The maximum Gasteiger partial charge on any atom is 0.253 e. The van der Waals surface area contributed by atoms with Crippen molar-refractivity contribution in [3.05, 3.63) is 23.8 Å². The lowest BCUT2D eigenvalue weighted by Crippen LogP contribution is -2.32. The Labute approximate surface area is 114 Å². The lowest BCUT2D eigenvalue weighted by atomic mass is 9.85. The molecule has 1 saturated heterocycles. The fourth-order valence-corrected chi connectivity index (χ4v) is 2.49. The summed E-state index contributed by atoms with van der Waals surface area (Å²) in [5.74, 6) is -0.0472. The van der Waals surface area contributed by atoms with Gasteiger partial charge in [-0.2, -0.15) is 0 Å². The Balaban J connectivity index is 2.13. The van der Waals surface area contributed by atoms with Gasteiger partial charge in [0.25, 0.3) is 5.91 Å². The van der Waals surface area contributed by atoms with Gasteiger partial charge in [0.2, 0.25) is 0 Å². The number of carbonyl (C=O) groups excluding carboxylic acids is 1. The number of anilines is 1. The summed E-state index contributed by atoms with van der Waals surface area (Å²) in [6.07, 6.45) is 3.18. The molecular weight excluding hydrogens is 240 g/mol. The molecule has 4 nitrogen and oxygen atoms in total. The van der Waals surface area contributed by atoms with Crippen LogP contribution in [0.25, 0.3) is 0 Å². The third kappa shape index (κ3) is 3.19. The van der Waals surface area contributed by atoms with Crippen LogP contribution in [0.15, 0.2) is 18.2 Å². The second-order valence-corrected chi connectivity index (χ2v) is 6.08. The molecule has 1 heterocycles. The molecule has 104 valence electrons. The van der Waals surface area contributed by atoms with Gasteiger partial charge < -0.3 is 15.7 Å². The predicted molar refractivity (Wildman–Crippen MR) is 76.1 cm³/mol. The fraction of sp³-hybridized carbons (Fsp3) is 0.533. The van der Waals surface area contributed by atoms with Gasteiger partial charge in [-0.1, -0.05) is 13.8 Å². The van der Waals surface area contributed by atoms with Crippen molar-refractivity contribution in [2.75, 3.05) is 18.8 Å². The second kappa shape index (κ2) is 5.11. The van der Waals surface area contributed by atoms with E-state index in [-0.39, 0.29) is 11.7 Å². The Bertz CT molecular complexity index is 483. The number of carbonyl (C=O) groups is 1. The standard InChI is InChI=1S/C15H22N2O2/c1-15(2)6-3-8-17(9-7-15)14(19)11-4-5-12(16)13(18)10-11/h4-5,10,18H,3,6-9,16H2,1-2H3. The van der Waals surface area contributed by atoms with Gasteiger partial charge in [0.15, 0.2) is 0 Å². The second-order valence-electron chi connectivity index (χ2n) is 6.08. The number of aromatic hydroxyl groups is 1. The van der Waals surface area contributed by atoms with Gasteiger partial charge in [0.05, 0.1) is 5.69 Å². The Hall–Kier alpha value is -1.71. The minimum atomic E-state index is -0.0269. The van der Waals surface area contributed by atoms with E-state index in [0.29, 0.717) is 16.7 Å². The van der Waals surface area contributed by atoms with E-state index in [1.165, 1.54) is 6.07 Å². The summed E-state index contributed by atoms with van der Waals surface area (Å²) in [7, 11) is 0. The van der Waals surface area contributed by atoms with E-state index < -0.39 is 0 Å². The lowest BCUT2D eigenvalue weighted by molar-refractivity contribution is 0.0757. The molecule has 19 heavy (non-hydrogen) atoms. The third-order valence-electron chi connectivity index (χ3n) is 3.90. The third-order valence-corrected chi connectivity index (χ3v) is 3.90. The average molecular weight is 262 g/mol. The van der Waals surface area contributed by atoms with Crippen LogP contribution in [0, 0.1) is 5.41 Å². The van der Waals surface area contributed by atoms with Gasteiger partial charge in [-0.25, -0.2) is 0 Å². The molecule has 0 aliphatic carbocycles. The molecule has 1 aromatic rings. The van der Waals surface area contributed by atoms with E-state index >= 15 is 0 Å². The van der Waals surface area contributed by atoms with E-state index in [4.69, 9.17) is 5.73 Å². The van der Waals surface area contributed by atoms with Crippen molar-refractivity contribution in [1.82, 2.24) is 4.90 Å². The number of amides is 1. The van der Waals surface area contributed by atoms with Crippen LogP contribution < -0.4 is 5.73 Å². The SMILES string of the molecule is CC1(C)CCCN(C(=O)c2ccc(N)c(O)c2)CC1. The zero-order chi connectivity index (χ0) is 14.0. The molecule has 3 N–H and O–H groups in total. The minimum absolute atomic E-state index is 0.0204. The van der Waals surface area contributed by atoms with Crippen LogP contribution >= 0.6 is 0 Å². The molecule has 1 aliphatic heterocycles. The quantitative estimate of drug-likeness (QED) is 0.604. The topological polar surface area (TPSA) is 66.6 Å². The maximum atomic E-state index is 12.4. The number of nitrogens with zero attached hydrogens (tertiary/aromatic N) is 1. The molecule has 2 rings (SSSR count). The van der Waals surface area contributed by atoms with Gasteiger partial charge in [0.1, 0.15) is 5.75 Å². The monoisotopic (exact) mass is 262 g/mol. The molecule has 0 bridgehead atoms. The summed E-state index contributed by atoms with van der Waals surface area (Å²) in [4.78, 5) is 14.3. The van der Waals surface area contributed by atoms with Gasteiger partial charge in [-0.05, 0) is 42.9 Å². The van der Waals surface area contributed by atoms with Crippen LogP contribution in [0.4, 0.5) is 5.69 Å². The molecule has 1 amide bonds. The van der Waals surface area contributed by atoms with Gasteiger partial charge >= 0.3 is 0 Å². The first-order valence-corrected chi connectivity index (χ1v) is 6.77. The molecule has 1 aliphatic rings. The number of nitrogen functional groups attached to an aromatic ring is 1. The summed E-state index contributed by atoms with van der Waals surface area (Å²) in [5, 5.41) is 9.59. The van der Waals surface area contributed by atoms with Crippen molar-refractivity contribution < 1.29 is 9.90 Å². The first kappa shape index (κ1) is 13.7. The minimum Gasteiger partial charge on any atom is -0.506 e. The van der Waals surface area contributed by atoms with Crippen molar-refractivity contribution >= 4 is 11.6 Å². The Kier molecular flexibility index (Phi) is 3.69. The number of nitrogens with two attached hydrogens (primary N) is 1. The fourth-order valence-electron chi connectivity index (χ4n) is 2.49. The summed E-state index contributed by atoms with van der Waals surface area (Å²) >= 11 is 0. The molecule has 0 radical (unpaired) electrons. The van der Waals surface area contributed by atoms with Gasteiger partial charge in [-0.3, -0.25) is 4.79 Å². The van der Waals surface area contributed by atoms with Gasteiger partial charge in [-0.15, -0.1) is 0 Å². The van der Waals surface area contributed by atoms with Crippen molar-refractivity contribution in [3.8, 4) is 5.75 Å². The van der Waals surface area contributed by atoms with Crippen LogP contribution in [0.2, 0.25) is 0 Å². The van der Waals surface area contributed by atoms with E-state index in [1.807, 2.05) is 4.90 Å². The van der Waals surface area contributed by atoms with Crippen molar-refractivity contribution in [2.24, 2.45) is 5.41 Å². The maximum absolute atomic E-state index is 12.4. The smallest absolute Gasteiger partial charge is 0.253 e. The molecule has 1 aromatic carbocycles. The molecule has 0 saturated carbocycles. The highest BCUT2D eigenvalue weighted by Crippen LogP contribution is 2.30. The summed E-state index contributed by atoms with van der Waals surface area (Å²) in [6.45, 7) is 6.05. The zero-order valence-corrected chi connectivity index (χ0v) is 11.6. The number of likely N-dealkylation sites (tertiary alicyclic amines) is 1. The van der Waals surface area contributed by atoms with Crippen molar-refractivity contribution in [2.45, 2.75) is 33.1 Å². The Morgan fingerprint density at radius 2 is 2.05 bits per heavy atom. The number of rotatable bonds is 1.